The van der Waals surface area contributed by atoms with Crippen LogP contribution < -0.4 is 5.32 Å². The molecule has 1 aromatic carbocycles. The molecule has 3 aromatic rings. The van der Waals surface area contributed by atoms with E-state index in [2.05, 4.69) is 5.32 Å². The van der Waals surface area contributed by atoms with Crippen molar-refractivity contribution in [2.24, 2.45) is 0 Å². The summed E-state index contributed by atoms with van der Waals surface area (Å²) in [4.78, 5) is 12.6. The van der Waals surface area contributed by atoms with Gasteiger partial charge in [-0.05, 0) is 35.4 Å². The van der Waals surface area contributed by atoms with Crippen LogP contribution >= 0.6 is 0 Å². The van der Waals surface area contributed by atoms with Crippen LogP contribution in [0.15, 0.2) is 60.8 Å². The van der Waals surface area contributed by atoms with Crippen molar-refractivity contribution < 1.29 is 9.90 Å². The lowest BCUT2D eigenvalue weighted by atomic mass is 10.1. The SMILES string of the molecule is O=C(N[C@H]1c2ccccc2C[C@H]1O)c1ccc2ccccn12. The Morgan fingerprint density at radius 2 is 1.91 bits per heavy atom. The smallest absolute Gasteiger partial charge is 0.268 e. The molecule has 110 valence electrons. The number of amides is 1. The number of hydrogen-bond acceptors (Lipinski definition) is 2. The highest BCUT2D eigenvalue weighted by molar-refractivity contribution is 5.94. The Bertz CT molecular complexity index is 853. The average Bonchev–Trinajstić information content (AvgIpc) is 3.09. The summed E-state index contributed by atoms with van der Waals surface area (Å²) < 4.78 is 1.85. The number of aliphatic hydroxyl groups excluding tert-OH is 1. The number of fused-ring (bicyclic) bond motifs is 2. The molecule has 1 aliphatic carbocycles. The van der Waals surface area contributed by atoms with Gasteiger partial charge in [0.2, 0.25) is 0 Å². The summed E-state index contributed by atoms with van der Waals surface area (Å²) in [5.41, 5.74) is 3.65. The zero-order valence-electron chi connectivity index (χ0n) is 11.9. The molecule has 4 heteroatoms. The highest BCUT2D eigenvalue weighted by atomic mass is 16.3. The molecule has 0 saturated heterocycles. The van der Waals surface area contributed by atoms with Crippen molar-refractivity contribution in [2.75, 3.05) is 0 Å². The lowest BCUT2D eigenvalue weighted by molar-refractivity contribution is 0.0852. The molecule has 2 heterocycles. The van der Waals surface area contributed by atoms with Crippen LogP contribution in [0, 0.1) is 0 Å². The molecular formula is C18H16N2O2. The Balaban J connectivity index is 1.65. The molecule has 4 rings (SSSR count). The van der Waals surface area contributed by atoms with E-state index in [1.807, 2.05) is 59.1 Å². The van der Waals surface area contributed by atoms with Gasteiger partial charge in [0.15, 0.2) is 0 Å². The zero-order chi connectivity index (χ0) is 15.1. The Hall–Kier alpha value is -2.59. The van der Waals surface area contributed by atoms with Gasteiger partial charge in [-0.15, -0.1) is 0 Å². The molecule has 0 saturated carbocycles. The predicted molar refractivity (Wildman–Crippen MR) is 83.8 cm³/mol. The fourth-order valence-corrected chi connectivity index (χ4v) is 3.20. The Kier molecular flexibility index (Phi) is 2.98. The lowest BCUT2D eigenvalue weighted by Gasteiger charge is -2.18. The molecule has 0 spiro atoms. The topological polar surface area (TPSA) is 53.7 Å². The van der Waals surface area contributed by atoms with Gasteiger partial charge in [0.05, 0.1) is 12.1 Å². The highest BCUT2D eigenvalue weighted by Gasteiger charge is 2.32. The van der Waals surface area contributed by atoms with Gasteiger partial charge in [0.1, 0.15) is 5.69 Å². The summed E-state index contributed by atoms with van der Waals surface area (Å²) in [5, 5.41) is 13.2. The molecule has 2 aromatic heterocycles. The second-order valence-electron chi connectivity index (χ2n) is 5.64. The first kappa shape index (κ1) is 13.1. The first-order valence-corrected chi connectivity index (χ1v) is 7.37. The first-order chi connectivity index (χ1) is 10.7. The number of hydrogen-bond donors (Lipinski definition) is 2. The van der Waals surface area contributed by atoms with E-state index >= 15 is 0 Å². The molecule has 2 atom stereocenters. The maximum Gasteiger partial charge on any atom is 0.268 e. The summed E-state index contributed by atoms with van der Waals surface area (Å²) in [7, 11) is 0. The largest absolute Gasteiger partial charge is 0.390 e. The maximum absolute atomic E-state index is 12.6. The Morgan fingerprint density at radius 3 is 2.82 bits per heavy atom. The number of benzene rings is 1. The van der Waals surface area contributed by atoms with Crippen LogP contribution in [0.2, 0.25) is 0 Å². The fourth-order valence-electron chi connectivity index (χ4n) is 3.20. The lowest BCUT2D eigenvalue weighted by Crippen LogP contribution is -2.34. The van der Waals surface area contributed by atoms with Crippen molar-refractivity contribution in [1.29, 1.82) is 0 Å². The van der Waals surface area contributed by atoms with Gasteiger partial charge in [-0.3, -0.25) is 4.79 Å². The van der Waals surface area contributed by atoms with Gasteiger partial charge in [0, 0.05) is 18.1 Å². The van der Waals surface area contributed by atoms with E-state index in [0.29, 0.717) is 12.1 Å². The molecule has 1 amide bonds. The third-order valence-electron chi connectivity index (χ3n) is 4.29. The minimum Gasteiger partial charge on any atom is -0.390 e. The summed E-state index contributed by atoms with van der Waals surface area (Å²) in [5.74, 6) is -0.174. The van der Waals surface area contributed by atoms with E-state index in [9.17, 15) is 9.90 Å². The van der Waals surface area contributed by atoms with Crippen molar-refractivity contribution in [3.05, 3.63) is 77.6 Å². The van der Waals surface area contributed by atoms with Gasteiger partial charge in [-0.1, -0.05) is 30.3 Å². The molecule has 4 nitrogen and oxygen atoms in total. The van der Waals surface area contributed by atoms with Crippen LogP contribution in [0.3, 0.4) is 0 Å². The molecule has 0 bridgehead atoms. The fraction of sp³-hybridized carbons (Fsp3) is 0.167. The van der Waals surface area contributed by atoms with Crippen LogP contribution in [-0.4, -0.2) is 21.5 Å². The highest BCUT2D eigenvalue weighted by Crippen LogP contribution is 2.31. The third kappa shape index (κ3) is 2.00. The van der Waals surface area contributed by atoms with Gasteiger partial charge >= 0.3 is 0 Å². The minimum atomic E-state index is -0.576. The number of carbonyl (C=O) groups is 1. The van der Waals surface area contributed by atoms with E-state index in [1.165, 1.54) is 0 Å². The average molecular weight is 292 g/mol. The number of carbonyl (C=O) groups excluding carboxylic acids is 1. The summed E-state index contributed by atoms with van der Waals surface area (Å²) in [6.07, 6.45) is 1.87. The standard InChI is InChI=1S/C18H16N2O2/c21-16-11-12-5-1-2-7-14(12)17(16)19-18(22)15-9-8-13-6-3-4-10-20(13)15/h1-10,16-17,21H,11H2,(H,19,22)/t16-,17+/m1/s1. The van der Waals surface area contributed by atoms with E-state index in [4.69, 9.17) is 0 Å². The van der Waals surface area contributed by atoms with E-state index in [0.717, 1.165) is 16.6 Å². The molecule has 0 fully saturated rings. The molecule has 2 N–H and O–H groups in total. The van der Waals surface area contributed by atoms with Crippen LogP contribution in [0.25, 0.3) is 5.52 Å². The quantitative estimate of drug-likeness (QED) is 0.761. The van der Waals surface area contributed by atoms with Gasteiger partial charge in [-0.25, -0.2) is 0 Å². The molecule has 0 aliphatic heterocycles. The Morgan fingerprint density at radius 1 is 1.09 bits per heavy atom. The number of nitrogens with zero attached hydrogens (tertiary/aromatic N) is 1. The van der Waals surface area contributed by atoms with Crippen LogP contribution in [-0.2, 0) is 6.42 Å². The van der Waals surface area contributed by atoms with E-state index in [-0.39, 0.29) is 11.9 Å². The van der Waals surface area contributed by atoms with Crippen molar-refractivity contribution in [3.8, 4) is 0 Å². The first-order valence-electron chi connectivity index (χ1n) is 7.37. The van der Waals surface area contributed by atoms with Crippen LogP contribution in [0.4, 0.5) is 0 Å². The van der Waals surface area contributed by atoms with Crippen molar-refractivity contribution >= 4 is 11.4 Å². The van der Waals surface area contributed by atoms with Crippen LogP contribution in [0.1, 0.15) is 27.7 Å². The van der Waals surface area contributed by atoms with Gasteiger partial charge < -0.3 is 14.8 Å². The minimum absolute atomic E-state index is 0.174. The van der Waals surface area contributed by atoms with E-state index in [1.54, 1.807) is 6.07 Å². The van der Waals surface area contributed by atoms with Crippen molar-refractivity contribution in [2.45, 2.75) is 18.6 Å². The van der Waals surface area contributed by atoms with Crippen molar-refractivity contribution in [3.63, 3.8) is 0 Å². The number of nitrogens with one attached hydrogen (secondary N) is 1. The third-order valence-corrected chi connectivity index (χ3v) is 4.29. The number of aliphatic hydroxyl groups is 1. The van der Waals surface area contributed by atoms with Crippen molar-refractivity contribution in [1.82, 2.24) is 9.72 Å². The maximum atomic E-state index is 12.6. The second-order valence-corrected chi connectivity index (χ2v) is 5.64. The summed E-state index contributed by atoms with van der Waals surface area (Å²) >= 11 is 0. The number of rotatable bonds is 2. The molecule has 22 heavy (non-hydrogen) atoms. The monoisotopic (exact) mass is 292 g/mol. The Labute approximate surface area is 128 Å². The zero-order valence-corrected chi connectivity index (χ0v) is 11.9. The second kappa shape index (κ2) is 5.00. The number of pyridine rings is 1. The number of aromatic nitrogens is 1. The van der Waals surface area contributed by atoms with Crippen LogP contribution in [0.5, 0.6) is 0 Å². The normalized spacial score (nSPS) is 20.0. The van der Waals surface area contributed by atoms with Gasteiger partial charge in [-0.2, -0.15) is 0 Å². The summed E-state index contributed by atoms with van der Waals surface area (Å²) in [6.45, 7) is 0. The molecule has 1 aliphatic rings. The molecular weight excluding hydrogens is 276 g/mol. The summed E-state index contributed by atoms with van der Waals surface area (Å²) in [6, 6.07) is 17.0. The molecule has 0 unspecified atom stereocenters. The van der Waals surface area contributed by atoms with Gasteiger partial charge in [0.25, 0.3) is 5.91 Å². The van der Waals surface area contributed by atoms with E-state index < -0.39 is 6.10 Å². The molecule has 0 radical (unpaired) electrons. The predicted octanol–water partition coefficient (Wildman–Crippen LogP) is 2.33.